The van der Waals surface area contributed by atoms with Crippen LogP contribution in [0.5, 0.6) is 5.75 Å². The third-order valence-corrected chi connectivity index (χ3v) is 3.39. The molecular formula is C19H18F2N2O5. The zero-order valence-corrected chi connectivity index (χ0v) is 15.0. The molecule has 28 heavy (non-hydrogen) atoms. The summed E-state index contributed by atoms with van der Waals surface area (Å²) in [6.45, 7) is 0.976. The minimum atomic E-state index is -0.958. The van der Waals surface area contributed by atoms with E-state index in [4.69, 9.17) is 9.47 Å². The molecular weight excluding hydrogens is 374 g/mol. The number of esters is 1. The number of hydrogen-bond acceptors (Lipinski definition) is 5. The molecule has 0 bridgehead atoms. The Morgan fingerprint density at radius 2 is 1.82 bits per heavy atom. The van der Waals surface area contributed by atoms with Crippen LogP contribution in [-0.2, 0) is 14.3 Å². The van der Waals surface area contributed by atoms with E-state index >= 15 is 0 Å². The van der Waals surface area contributed by atoms with E-state index in [0.29, 0.717) is 18.4 Å². The van der Waals surface area contributed by atoms with Gasteiger partial charge in [0.15, 0.2) is 6.61 Å². The second-order valence-corrected chi connectivity index (χ2v) is 5.44. The molecule has 0 fully saturated rings. The average Bonchev–Trinajstić information content (AvgIpc) is 2.67. The van der Waals surface area contributed by atoms with E-state index in [0.717, 1.165) is 12.1 Å². The van der Waals surface area contributed by atoms with Gasteiger partial charge in [-0.25, -0.2) is 8.78 Å². The third kappa shape index (κ3) is 6.04. The Labute approximate surface area is 159 Å². The van der Waals surface area contributed by atoms with Crippen LogP contribution in [-0.4, -0.2) is 37.5 Å². The largest absolute Gasteiger partial charge is 0.493 e. The Morgan fingerprint density at radius 3 is 2.54 bits per heavy atom. The van der Waals surface area contributed by atoms with E-state index in [1.165, 1.54) is 6.07 Å². The van der Waals surface area contributed by atoms with Gasteiger partial charge in [0.05, 0.1) is 17.9 Å². The van der Waals surface area contributed by atoms with Crippen LogP contribution in [0.4, 0.5) is 14.5 Å². The van der Waals surface area contributed by atoms with Gasteiger partial charge in [-0.2, -0.15) is 0 Å². The Bertz CT molecular complexity index is 873. The van der Waals surface area contributed by atoms with Crippen molar-refractivity contribution in [2.24, 2.45) is 0 Å². The minimum absolute atomic E-state index is 0.247. The summed E-state index contributed by atoms with van der Waals surface area (Å²) in [4.78, 5) is 35.5. The second kappa shape index (κ2) is 10.0. The van der Waals surface area contributed by atoms with Crippen LogP contribution in [0.15, 0.2) is 42.5 Å². The van der Waals surface area contributed by atoms with Gasteiger partial charge in [-0.05, 0) is 31.2 Å². The van der Waals surface area contributed by atoms with Crippen molar-refractivity contribution in [3.8, 4) is 5.75 Å². The number of carbonyl (C=O) groups is 3. The topological polar surface area (TPSA) is 93.7 Å². The van der Waals surface area contributed by atoms with Crippen molar-refractivity contribution in [1.29, 1.82) is 0 Å². The number of amides is 2. The minimum Gasteiger partial charge on any atom is -0.493 e. The summed E-state index contributed by atoms with van der Waals surface area (Å²) in [5.74, 6) is -3.59. The number of anilines is 1. The zero-order valence-electron chi connectivity index (χ0n) is 15.0. The summed E-state index contributed by atoms with van der Waals surface area (Å²) in [5.41, 5.74) is 0.00459. The average molecular weight is 392 g/mol. The van der Waals surface area contributed by atoms with Crippen molar-refractivity contribution in [2.75, 3.05) is 25.1 Å². The molecule has 7 nitrogen and oxygen atoms in total. The highest BCUT2D eigenvalue weighted by molar-refractivity contribution is 5.98. The van der Waals surface area contributed by atoms with Crippen LogP contribution in [0.3, 0.4) is 0 Å². The first-order valence-electron chi connectivity index (χ1n) is 8.31. The van der Waals surface area contributed by atoms with Gasteiger partial charge in [0.25, 0.3) is 11.8 Å². The molecule has 0 aliphatic carbocycles. The molecule has 2 amide bonds. The molecule has 0 atom stereocenters. The lowest BCUT2D eigenvalue weighted by atomic mass is 10.2. The third-order valence-electron chi connectivity index (χ3n) is 3.39. The van der Waals surface area contributed by atoms with E-state index in [9.17, 15) is 23.2 Å². The SMILES string of the molecule is CCOc1ccccc1C(=O)NCC(=O)OCC(=O)Nc1ccc(F)cc1F. The molecule has 0 unspecified atom stereocenters. The van der Waals surface area contributed by atoms with E-state index in [1.54, 1.807) is 25.1 Å². The number of rotatable bonds is 8. The summed E-state index contributed by atoms with van der Waals surface area (Å²) < 4.78 is 36.3. The summed E-state index contributed by atoms with van der Waals surface area (Å²) in [7, 11) is 0. The molecule has 0 saturated heterocycles. The lowest BCUT2D eigenvalue weighted by Gasteiger charge is -2.10. The molecule has 9 heteroatoms. The van der Waals surface area contributed by atoms with Gasteiger partial charge in [-0.3, -0.25) is 14.4 Å². The number of carbonyl (C=O) groups excluding carboxylic acids is 3. The van der Waals surface area contributed by atoms with E-state index in [1.807, 2.05) is 0 Å². The Balaban J connectivity index is 1.79. The van der Waals surface area contributed by atoms with Gasteiger partial charge >= 0.3 is 5.97 Å². The molecule has 0 aromatic heterocycles. The quantitative estimate of drug-likeness (QED) is 0.673. The van der Waals surface area contributed by atoms with Gasteiger partial charge < -0.3 is 20.1 Å². The molecule has 2 aromatic carbocycles. The van der Waals surface area contributed by atoms with Crippen molar-refractivity contribution in [3.63, 3.8) is 0 Å². The molecule has 2 rings (SSSR count). The van der Waals surface area contributed by atoms with Crippen LogP contribution in [0.1, 0.15) is 17.3 Å². The lowest BCUT2D eigenvalue weighted by molar-refractivity contribution is -0.146. The summed E-state index contributed by atoms with van der Waals surface area (Å²) in [5, 5.41) is 4.50. The maximum atomic E-state index is 13.4. The normalized spacial score (nSPS) is 10.1. The predicted molar refractivity (Wildman–Crippen MR) is 95.9 cm³/mol. The monoisotopic (exact) mass is 392 g/mol. The van der Waals surface area contributed by atoms with Crippen molar-refractivity contribution >= 4 is 23.5 Å². The van der Waals surface area contributed by atoms with Crippen molar-refractivity contribution < 1.29 is 32.6 Å². The molecule has 148 valence electrons. The van der Waals surface area contributed by atoms with Gasteiger partial charge in [-0.15, -0.1) is 0 Å². The van der Waals surface area contributed by atoms with Crippen molar-refractivity contribution in [2.45, 2.75) is 6.92 Å². The molecule has 0 saturated carbocycles. The molecule has 2 N–H and O–H groups in total. The lowest BCUT2D eigenvalue weighted by Crippen LogP contribution is -2.32. The first-order chi connectivity index (χ1) is 13.4. The van der Waals surface area contributed by atoms with Crippen LogP contribution in [0, 0.1) is 11.6 Å². The molecule has 2 aromatic rings. The molecule has 0 aliphatic rings. The number of halogens is 2. The predicted octanol–water partition coefficient (Wildman–Crippen LogP) is 2.28. The Kier molecular flexibility index (Phi) is 7.44. The Hall–Kier alpha value is -3.49. The standard InChI is InChI=1S/C19H18F2N2O5/c1-2-27-16-6-4-3-5-13(16)19(26)22-10-18(25)28-11-17(24)23-15-8-7-12(20)9-14(15)21/h3-9H,2,10-11H2,1H3,(H,22,26)(H,23,24). The van der Waals surface area contributed by atoms with Crippen LogP contribution in [0.25, 0.3) is 0 Å². The molecule has 0 radical (unpaired) electrons. The summed E-state index contributed by atoms with van der Waals surface area (Å²) >= 11 is 0. The highest BCUT2D eigenvalue weighted by Crippen LogP contribution is 2.17. The smallest absolute Gasteiger partial charge is 0.325 e. The number of benzene rings is 2. The summed E-state index contributed by atoms with van der Waals surface area (Å²) in [6.07, 6.45) is 0. The fourth-order valence-corrected chi connectivity index (χ4v) is 2.16. The van der Waals surface area contributed by atoms with E-state index in [-0.39, 0.29) is 11.3 Å². The van der Waals surface area contributed by atoms with E-state index in [2.05, 4.69) is 10.6 Å². The van der Waals surface area contributed by atoms with Crippen LogP contribution >= 0.6 is 0 Å². The zero-order chi connectivity index (χ0) is 20.5. The maximum absolute atomic E-state index is 13.4. The number of para-hydroxylation sites is 1. The molecule has 0 heterocycles. The van der Waals surface area contributed by atoms with E-state index < -0.39 is 42.6 Å². The highest BCUT2D eigenvalue weighted by Gasteiger charge is 2.15. The fourth-order valence-electron chi connectivity index (χ4n) is 2.16. The maximum Gasteiger partial charge on any atom is 0.325 e. The second-order valence-electron chi connectivity index (χ2n) is 5.44. The van der Waals surface area contributed by atoms with Crippen molar-refractivity contribution in [1.82, 2.24) is 5.32 Å². The molecule has 0 aliphatic heterocycles. The number of ether oxygens (including phenoxy) is 2. The fraction of sp³-hybridized carbons (Fsp3) is 0.211. The first kappa shape index (κ1) is 20.8. The van der Waals surface area contributed by atoms with Gasteiger partial charge in [-0.1, -0.05) is 12.1 Å². The Morgan fingerprint density at radius 1 is 1.07 bits per heavy atom. The number of hydrogen-bond donors (Lipinski definition) is 2. The number of nitrogens with one attached hydrogen (secondary N) is 2. The van der Waals surface area contributed by atoms with Crippen LogP contribution in [0.2, 0.25) is 0 Å². The van der Waals surface area contributed by atoms with Crippen LogP contribution < -0.4 is 15.4 Å². The van der Waals surface area contributed by atoms with Gasteiger partial charge in [0.1, 0.15) is 23.9 Å². The van der Waals surface area contributed by atoms with Gasteiger partial charge in [0, 0.05) is 6.07 Å². The van der Waals surface area contributed by atoms with Gasteiger partial charge in [0.2, 0.25) is 0 Å². The summed E-state index contributed by atoms with van der Waals surface area (Å²) in [6, 6.07) is 9.14. The highest BCUT2D eigenvalue weighted by atomic mass is 19.1. The first-order valence-corrected chi connectivity index (χ1v) is 8.31. The molecule has 0 spiro atoms. The van der Waals surface area contributed by atoms with Crippen molar-refractivity contribution in [3.05, 3.63) is 59.7 Å².